The summed E-state index contributed by atoms with van der Waals surface area (Å²) >= 11 is 1.73. The molecule has 0 bridgehead atoms. The number of benzene rings is 4. The molecule has 0 N–H and O–H groups in total. The van der Waals surface area contributed by atoms with Crippen molar-refractivity contribution >= 4 is 43.4 Å². The summed E-state index contributed by atoms with van der Waals surface area (Å²) in [4.78, 5) is 14.0. The molecule has 0 aliphatic carbocycles. The molecule has 4 heterocycles. The third-order valence-corrected chi connectivity index (χ3v) is 8.47. The van der Waals surface area contributed by atoms with Gasteiger partial charge in [-0.25, -0.2) is 4.98 Å². The molecule has 0 atom stereocenters. The molecule has 0 fully saturated rings. The SMILES string of the molecule is c1ccc(-c2cc(-n3c4ccccc4c4ccc(-c5nc6ccccc6s5)cc43)ccc2-c2cccnc2)nc1. The number of thiazole rings is 1. The molecule has 8 rings (SSSR count). The summed E-state index contributed by atoms with van der Waals surface area (Å²) in [5.74, 6) is 0. The van der Waals surface area contributed by atoms with Crippen LogP contribution in [0, 0.1) is 0 Å². The first-order valence-electron chi connectivity index (χ1n) is 13.2. The monoisotopic (exact) mass is 530 g/mol. The second kappa shape index (κ2) is 9.26. The number of nitrogens with zero attached hydrogens (tertiary/aromatic N) is 4. The van der Waals surface area contributed by atoms with E-state index in [1.54, 1.807) is 17.5 Å². The zero-order valence-electron chi connectivity index (χ0n) is 21.4. The molecule has 4 aromatic heterocycles. The molecule has 0 radical (unpaired) electrons. The normalized spacial score (nSPS) is 11.5. The number of aromatic nitrogens is 4. The first-order chi connectivity index (χ1) is 19.8. The van der Waals surface area contributed by atoms with Crippen molar-refractivity contribution in [3.8, 4) is 38.6 Å². The fourth-order valence-electron chi connectivity index (χ4n) is 5.56. The lowest BCUT2D eigenvalue weighted by Gasteiger charge is -2.14. The van der Waals surface area contributed by atoms with E-state index in [0.717, 1.165) is 49.7 Å². The number of rotatable bonds is 4. The molecule has 5 heteroatoms. The number of hydrogen-bond acceptors (Lipinski definition) is 4. The zero-order valence-corrected chi connectivity index (χ0v) is 22.2. The van der Waals surface area contributed by atoms with Gasteiger partial charge in [0.05, 0.1) is 26.9 Å². The number of para-hydroxylation sites is 2. The van der Waals surface area contributed by atoms with Crippen LogP contribution >= 0.6 is 11.3 Å². The molecule has 8 aromatic rings. The molecule has 0 aliphatic heterocycles. The summed E-state index contributed by atoms with van der Waals surface area (Å²) in [5, 5.41) is 3.47. The Labute approximate surface area is 234 Å². The average Bonchev–Trinajstić information content (AvgIpc) is 3.61. The van der Waals surface area contributed by atoms with E-state index < -0.39 is 0 Å². The maximum absolute atomic E-state index is 4.94. The summed E-state index contributed by atoms with van der Waals surface area (Å²) in [6.07, 6.45) is 5.56. The van der Waals surface area contributed by atoms with Crippen molar-refractivity contribution in [1.82, 2.24) is 19.5 Å². The second-order valence-electron chi connectivity index (χ2n) is 9.76. The molecule has 40 heavy (non-hydrogen) atoms. The third kappa shape index (κ3) is 3.71. The Morgan fingerprint density at radius 3 is 2.35 bits per heavy atom. The quantitative estimate of drug-likeness (QED) is 0.228. The van der Waals surface area contributed by atoms with Crippen LogP contribution in [0.3, 0.4) is 0 Å². The van der Waals surface area contributed by atoms with Gasteiger partial charge in [-0.1, -0.05) is 60.7 Å². The Kier molecular flexibility index (Phi) is 5.28. The molecule has 4 aromatic carbocycles. The van der Waals surface area contributed by atoms with Gasteiger partial charge in [0.2, 0.25) is 0 Å². The van der Waals surface area contributed by atoms with Crippen molar-refractivity contribution in [2.45, 2.75) is 0 Å². The summed E-state index contributed by atoms with van der Waals surface area (Å²) < 4.78 is 3.56. The summed E-state index contributed by atoms with van der Waals surface area (Å²) in [7, 11) is 0. The molecule has 0 aliphatic rings. The minimum absolute atomic E-state index is 0.930. The van der Waals surface area contributed by atoms with Crippen LogP contribution in [0.2, 0.25) is 0 Å². The van der Waals surface area contributed by atoms with E-state index in [4.69, 9.17) is 9.97 Å². The molecule has 0 spiro atoms. The predicted molar refractivity (Wildman–Crippen MR) is 166 cm³/mol. The van der Waals surface area contributed by atoms with Crippen LogP contribution in [0.1, 0.15) is 0 Å². The van der Waals surface area contributed by atoms with Gasteiger partial charge in [-0.3, -0.25) is 9.97 Å². The summed E-state index contributed by atoms with van der Waals surface area (Å²) in [5.41, 5.74) is 9.73. The van der Waals surface area contributed by atoms with Gasteiger partial charge in [-0.2, -0.15) is 0 Å². The molecular weight excluding hydrogens is 508 g/mol. The highest BCUT2D eigenvalue weighted by Gasteiger charge is 2.17. The highest BCUT2D eigenvalue weighted by Crippen LogP contribution is 2.39. The number of fused-ring (bicyclic) bond motifs is 4. The number of hydrogen-bond donors (Lipinski definition) is 0. The van der Waals surface area contributed by atoms with Crippen LogP contribution in [0.5, 0.6) is 0 Å². The first kappa shape index (κ1) is 22.8. The fourth-order valence-corrected chi connectivity index (χ4v) is 6.52. The molecule has 188 valence electrons. The van der Waals surface area contributed by atoms with Gasteiger partial charge >= 0.3 is 0 Å². The van der Waals surface area contributed by atoms with Crippen molar-refractivity contribution in [2.75, 3.05) is 0 Å². The van der Waals surface area contributed by atoms with E-state index in [1.807, 2.05) is 36.7 Å². The van der Waals surface area contributed by atoms with Crippen molar-refractivity contribution in [2.24, 2.45) is 0 Å². The lowest BCUT2D eigenvalue weighted by atomic mass is 9.97. The van der Waals surface area contributed by atoms with Crippen LogP contribution in [-0.4, -0.2) is 19.5 Å². The van der Waals surface area contributed by atoms with E-state index in [2.05, 4.69) is 101 Å². The summed E-state index contributed by atoms with van der Waals surface area (Å²) in [6.45, 7) is 0. The van der Waals surface area contributed by atoms with Crippen LogP contribution in [0.4, 0.5) is 0 Å². The molecular formula is C35H22N4S. The Morgan fingerprint density at radius 2 is 1.48 bits per heavy atom. The largest absolute Gasteiger partial charge is 0.309 e. The standard InChI is InChI=1S/C35H22N4S/c1-3-12-32-27(9-1)28-16-14-23(35-38-31-11-2-4-13-34(31)40-35)20-33(28)39(32)25-15-17-26(24-8-7-18-36-22-24)29(21-25)30-10-5-6-19-37-30/h1-22H. The van der Waals surface area contributed by atoms with E-state index in [-0.39, 0.29) is 0 Å². The Morgan fingerprint density at radius 1 is 0.600 bits per heavy atom. The fraction of sp³-hybridized carbons (Fsp3) is 0. The Hall–Kier alpha value is -5.13. The van der Waals surface area contributed by atoms with Gasteiger partial charge in [-0.15, -0.1) is 11.3 Å². The van der Waals surface area contributed by atoms with Gasteiger partial charge in [0.25, 0.3) is 0 Å². The average molecular weight is 531 g/mol. The van der Waals surface area contributed by atoms with Crippen LogP contribution < -0.4 is 0 Å². The van der Waals surface area contributed by atoms with Crippen molar-refractivity contribution in [1.29, 1.82) is 0 Å². The van der Waals surface area contributed by atoms with Crippen molar-refractivity contribution in [3.63, 3.8) is 0 Å². The van der Waals surface area contributed by atoms with Gasteiger partial charge in [0, 0.05) is 51.7 Å². The van der Waals surface area contributed by atoms with E-state index in [1.165, 1.54) is 21.0 Å². The minimum atomic E-state index is 0.930. The van der Waals surface area contributed by atoms with Crippen molar-refractivity contribution < 1.29 is 0 Å². The van der Waals surface area contributed by atoms with Gasteiger partial charge in [0.15, 0.2) is 0 Å². The van der Waals surface area contributed by atoms with Gasteiger partial charge in [0.1, 0.15) is 5.01 Å². The lowest BCUT2D eigenvalue weighted by Crippen LogP contribution is -1.97. The van der Waals surface area contributed by atoms with Crippen molar-refractivity contribution in [3.05, 3.63) is 134 Å². The summed E-state index contributed by atoms with van der Waals surface area (Å²) in [6, 6.07) is 40.4. The van der Waals surface area contributed by atoms with E-state index in [0.29, 0.717) is 0 Å². The molecule has 0 amide bonds. The minimum Gasteiger partial charge on any atom is -0.309 e. The topological polar surface area (TPSA) is 43.6 Å². The second-order valence-corrected chi connectivity index (χ2v) is 10.8. The third-order valence-electron chi connectivity index (χ3n) is 7.39. The molecule has 0 unspecified atom stereocenters. The Bertz CT molecular complexity index is 2130. The number of pyridine rings is 2. The van der Waals surface area contributed by atoms with Gasteiger partial charge < -0.3 is 4.57 Å². The lowest BCUT2D eigenvalue weighted by molar-refractivity contribution is 1.18. The maximum atomic E-state index is 4.94. The van der Waals surface area contributed by atoms with Crippen LogP contribution in [0.15, 0.2) is 134 Å². The molecule has 4 nitrogen and oxygen atoms in total. The molecule has 0 saturated heterocycles. The van der Waals surface area contributed by atoms with Crippen LogP contribution in [-0.2, 0) is 0 Å². The smallest absolute Gasteiger partial charge is 0.124 e. The maximum Gasteiger partial charge on any atom is 0.124 e. The van der Waals surface area contributed by atoms with E-state index >= 15 is 0 Å². The van der Waals surface area contributed by atoms with Gasteiger partial charge in [-0.05, 0) is 60.2 Å². The first-order valence-corrected chi connectivity index (χ1v) is 14.0. The van der Waals surface area contributed by atoms with E-state index in [9.17, 15) is 0 Å². The van der Waals surface area contributed by atoms with Crippen LogP contribution in [0.25, 0.3) is 70.7 Å². The highest BCUT2D eigenvalue weighted by molar-refractivity contribution is 7.21. The highest BCUT2D eigenvalue weighted by atomic mass is 32.1. The Balaban J connectivity index is 1.39. The zero-order chi connectivity index (χ0) is 26.5. The predicted octanol–water partition coefficient (Wildman–Crippen LogP) is 9.18. The molecule has 0 saturated carbocycles.